The number of hydrogen-bond donors (Lipinski definition) is 0. The first kappa shape index (κ1) is 17.0. The van der Waals surface area contributed by atoms with Crippen LogP contribution in [0.4, 0.5) is 24.8 Å². The lowest BCUT2D eigenvalue weighted by Gasteiger charge is -2.36. The maximum Gasteiger partial charge on any atom is 0.416 e. The summed E-state index contributed by atoms with van der Waals surface area (Å²) in [7, 11) is 0. The van der Waals surface area contributed by atoms with Crippen LogP contribution in [0.1, 0.15) is 10.4 Å². The molecule has 3 aromatic heterocycles. The van der Waals surface area contributed by atoms with Crippen LogP contribution in [0.5, 0.6) is 0 Å². The standard InChI is InChI=1S/C17H16F3N5S/c1-11-8-13-15(22-10-23-16(13)26-11)25-6-4-24(5-7-25)14-9-12(2-3-21-14)17(18,19)20/h2-3,8-10H,4-7H2,1H3. The number of rotatable bonds is 2. The summed E-state index contributed by atoms with van der Waals surface area (Å²) in [6.07, 6.45) is -1.58. The fourth-order valence-electron chi connectivity index (χ4n) is 3.13. The number of anilines is 2. The summed E-state index contributed by atoms with van der Waals surface area (Å²) < 4.78 is 38.7. The largest absolute Gasteiger partial charge is 0.416 e. The predicted molar refractivity (Wildman–Crippen MR) is 95.8 cm³/mol. The summed E-state index contributed by atoms with van der Waals surface area (Å²) in [4.78, 5) is 19.0. The van der Waals surface area contributed by atoms with E-state index in [-0.39, 0.29) is 0 Å². The number of halogens is 3. The van der Waals surface area contributed by atoms with E-state index in [9.17, 15) is 13.2 Å². The van der Waals surface area contributed by atoms with Gasteiger partial charge < -0.3 is 9.80 Å². The van der Waals surface area contributed by atoms with Crippen molar-refractivity contribution in [2.75, 3.05) is 36.0 Å². The smallest absolute Gasteiger partial charge is 0.353 e. The van der Waals surface area contributed by atoms with Crippen LogP contribution in [0, 0.1) is 6.92 Å². The highest BCUT2D eigenvalue weighted by atomic mass is 32.1. The average Bonchev–Trinajstić information content (AvgIpc) is 3.01. The highest BCUT2D eigenvalue weighted by Gasteiger charge is 2.31. The Morgan fingerprint density at radius 1 is 1.00 bits per heavy atom. The van der Waals surface area contributed by atoms with Gasteiger partial charge in [-0.3, -0.25) is 0 Å². The molecule has 0 spiro atoms. The van der Waals surface area contributed by atoms with E-state index >= 15 is 0 Å². The number of thiophene rings is 1. The molecule has 0 N–H and O–H groups in total. The normalized spacial score (nSPS) is 15.7. The van der Waals surface area contributed by atoms with Crippen LogP contribution in [-0.4, -0.2) is 41.1 Å². The Morgan fingerprint density at radius 3 is 2.46 bits per heavy atom. The first-order valence-electron chi connectivity index (χ1n) is 8.16. The zero-order chi connectivity index (χ0) is 18.3. The van der Waals surface area contributed by atoms with E-state index in [4.69, 9.17) is 0 Å². The highest BCUT2D eigenvalue weighted by molar-refractivity contribution is 7.18. The van der Waals surface area contributed by atoms with Crippen LogP contribution in [-0.2, 0) is 6.18 Å². The molecule has 0 radical (unpaired) electrons. The van der Waals surface area contributed by atoms with E-state index in [0.717, 1.165) is 28.2 Å². The van der Waals surface area contributed by atoms with Gasteiger partial charge in [-0.15, -0.1) is 11.3 Å². The number of nitrogens with zero attached hydrogens (tertiary/aromatic N) is 5. The molecule has 1 aliphatic heterocycles. The number of aryl methyl sites for hydroxylation is 1. The van der Waals surface area contributed by atoms with Crippen molar-refractivity contribution in [1.82, 2.24) is 15.0 Å². The Kier molecular flexibility index (Phi) is 4.18. The molecule has 0 saturated carbocycles. The molecule has 5 nitrogen and oxygen atoms in total. The molecule has 0 unspecified atom stereocenters. The number of fused-ring (bicyclic) bond motifs is 1. The summed E-state index contributed by atoms with van der Waals surface area (Å²) in [5.74, 6) is 1.25. The zero-order valence-corrected chi connectivity index (χ0v) is 14.8. The van der Waals surface area contributed by atoms with Gasteiger partial charge in [0.25, 0.3) is 0 Å². The summed E-state index contributed by atoms with van der Waals surface area (Å²) in [5.41, 5.74) is -0.670. The van der Waals surface area contributed by atoms with Crippen LogP contribution in [0.25, 0.3) is 10.2 Å². The lowest BCUT2D eigenvalue weighted by Crippen LogP contribution is -2.47. The monoisotopic (exact) mass is 379 g/mol. The number of piperazine rings is 1. The summed E-state index contributed by atoms with van der Waals surface area (Å²) >= 11 is 1.63. The van der Waals surface area contributed by atoms with Gasteiger partial charge in [-0.2, -0.15) is 13.2 Å². The average molecular weight is 379 g/mol. The molecule has 0 amide bonds. The van der Waals surface area contributed by atoms with Gasteiger partial charge in [0.15, 0.2) is 0 Å². The summed E-state index contributed by atoms with van der Waals surface area (Å²) in [5, 5.41) is 1.03. The Balaban J connectivity index is 1.52. The van der Waals surface area contributed by atoms with Gasteiger partial charge >= 0.3 is 6.18 Å². The van der Waals surface area contributed by atoms with Gasteiger partial charge in [-0.25, -0.2) is 15.0 Å². The molecule has 0 atom stereocenters. The lowest BCUT2D eigenvalue weighted by molar-refractivity contribution is -0.137. The van der Waals surface area contributed by atoms with Gasteiger partial charge in [0.1, 0.15) is 22.8 Å². The van der Waals surface area contributed by atoms with Crippen molar-refractivity contribution < 1.29 is 13.2 Å². The Hall–Kier alpha value is -2.42. The van der Waals surface area contributed by atoms with Crippen LogP contribution < -0.4 is 9.80 Å². The molecule has 9 heteroatoms. The van der Waals surface area contributed by atoms with Crippen LogP contribution in [0.15, 0.2) is 30.7 Å². The summed E-state index contributed by atoms with van der Waals surface area (Å²) in [6.45, 7) is 4.54. The van der Waals surface area contributed by atoms with Gasteiger partial charge in [-0.05, 0) is 25.1 Å². The molecule has 0 bridgehead atoms. The van der Waals surface area contributed by atoms with Crippen LogP contribution >= 0.6 is 11.3 Å². The van der Waals surface area contributed by atoms with Crippen LogP contribution in [0.3, 0.4) is 0 Å². The number of hydrogen-bond acceptors (Lipinski definition) is 6. The second kappa shape index (κ2) is 6.39. The van der Waals surface area contributed by atoms with Gasteiger partial charge in [0.2, 0.25) is 0 Å². The Bertz CT molecular complexity index is 932. The first-order chi connectivity index (χ1) is 12.4. The molecule has 1 aliphatic rings. The maximum absolute atomic E-state index is 12.9. The fraction of sp³-hybridized carbons (Fsp3) is 0.353. The Labute approximate surface area is 152 Å². The van der Waals surface area contributed by atoms with Crippen molar-refractivity contribution in [1.29, 1.82) is 0 Å². The molecule has 26 heavy (non-hydrogen) atoms. The molecule has 136 valence electrons. The highest BCUT2D eigenvalue weighted by Crippen LogP contribution is 2.32. The van der Waals surface area contributed by atoms with Crippen molar-refractivity contribution >= 4 is 33.2 Å². The minimum Gasteiger partial charge on any atom is -0.353 e. The van der Waals surface area contributed by atoms with E-state index in [1.54, 1.807) is 17.7 Å². The molecule has 0 aromatic carbocycles. The van der Waals surface area contributed by atoms with Crippen molar-refractivity contribution in [3.63, 3.8) is 0 Å². The molecular weight excluding hydrogens is 363 g/mol. The quantitative estimate of drug-likeness (QED) is 0.679. The van der Waals surface area contributed by atoms with Gasteiger partial charge in [0, 0.05) is 37.3 Å². The summed E-state index contributed by atoms with van der Waals surface area (Å²) in [6, 6.07) is 4.19. The molecule has 0 aliphatic carbocycles. The van der Waals surface area contributed by atoms with Crippen molar-refractivity contribution in [2.24, 2.45) is 0 Å². The van der Waals surface area contributed by atoms with E-state index in [1.165, 1.54) is 11.1 Å². The SMILES string of the molecule is Cc1cc2c(N3CCN(c4cc(C(F)(F)F)ccn4)CC3)ncnc2s1. The minimum absolute atomic E-state index is 0.360. The third-order valence-electron chi connectivity index (χ3n) is 4.41. The van der Waals surface area contributed by atoms with Crippen molar-refractivity contribution in [3.8, 4) is 0 Å². The van der Waals surface area contributed by atoms with Crippen molar-refractivity contribution in [3.05, 3.63) is 41.2 Å². The fourth-order valence-corrected chi connectivity index (χ4v) is 3.97. The first-order valence-corrected chi connectivity index (χ1v) is 8.98. The second-order valence-electron chi connectivity index (χ2n) is 6.15. The van der Waals surface area contributed by atoms with Crippen molar-refractivity contribution in [2.45, 2.75) is 13.1 Å². The molecule has 4 heterocycles. The van der Waals surface area contributed by atoms with E-state index < -0.39 is 11.7 Å². The molecule has 1 fully saturated rings. The molecule has 1 saturated heterocycles. The third kappa shape index (κ3) is 3.18. The number of pyridine rings is 1. The maximum atomic E-state index is 12.9. The molecule has 4 rings (SSSR count). The van der Waals surface area contributed by atoms with Gasteiger partial charge in [0.05, 0.1) is 10.9 Å². The predicted octanol–water partition coefficient (Wildman–Crippen LogP) is 3.74. The Morgan fingerprint density at radius 2 is 1.73 bits per heavy atom. The minimum atomic E-state index is -4.36. The number of aromatic nitrogens is 3. The van der Waals surface area contributed by atoms with E-state index in [2.05, 4.69) is 25.9 Å². The lowest BCUT2D eigenvalue weighted by atomic mass is 10.2. The zero-order valence-electron chi connectivity index (χ0n) is 14.0. The van der Waals surface area contributed by atoms with Crippen LogP contribution in [0.2, 0.25) is 0 Å². The van der Waals surface area contributed by atoms with Gasteiger partial charge in [-0.1, -0.05) is 0 Å². The topological polar surface area (TPSA) is 45.2 Å². The third-order valence-corrected chi connectivity index (χ3v) is 5.37. The second-order valence-corrected chi connectivity index (χ2v) is 7.38. The number of alkyl halides is 3. The molecule has 3 aromatic rings. The van der Waals surface area contributed by atoms with E-state index in [1.807, 2.05) is 11.8 Å². The van der Waals surface area contributed by atoms with E-state index in [0.29, 0.717) is 32.0 Å². The molecular formula is C17H16F3N5S.